The summed E-state index contributed by atoms with van der Waals surface area (Å²) < 4.78 is 0. The van der Waals surface area contributed by atoms with Crippen molar-refractivity contribution in [3.63, 3.8) is 0 Å². The molecule has 14 heteroatoms. The molecule has 3 aromatic rings. The zero-order chi connectivity index (χ0) is 37.3. The number of hydrogen-bond acceptors (Lipinski definition) is 12. The van der Waals surface area contributed by atoms with Crippen molar-refractivity contribution in [3.8, 4) is 17.0 Å². The second-order valence-electron chi connectivity index (χ2n) is 17.2. The number of phenolic OH excluding ortho intramolecular Hbond substituents is 1. The molecule has 14 nitrogen and oxygen atoms in total. The Balaban J connectivity index is 0.696. The van der Waals surface area contributed by atoms with Gasteiger partial charge in [-0.15, -0.1) is 10.2 Å². The first-order valence-corrected chi connectivity index (χ1v) is 19.9. The smallest absolute Gasteiger partial charge is 0.262 e. The molecule has 4 amide bonds. The van der Waals surface area contributed by atoms with E-state index in [1.165, 1.54) is 13.1 Å². The minimum absolute atomic E-state index is 0.106. The zero-order valence-electron chi connectivity index (χ0n) is 30.9. The highest BCUT2D eigenvalue weighted by atomic mass is 16.3. The van der Waals surface area contributed by atoms with E-state index in [-0.39, 0.29) is 24.5 Å². The van der Waals surface area contributed by atoms with Crippen molar-refractivity contribution < 1.29 is 24.3 Å². The number of aromatic hydroxyl groups is 1. The molecule has 8 atom stereocenters. The highest BCUT2D eigenvalue weighted by Gasteiger charge is 2.91. The molecule has 2 aromatic carbocycles. The molecule has 0 spiro atoms. The van der Waals surface area contributed by atoms with Gasteiger partial charge < -0.3 is 20.2 Å². The Morgan fingerprint density at radius 2 is 1.76 bits per heavy atom. The fourth-order valence-corrected chi connectivity index (χ4v) is 11.6. The maximum Gasteiger partial charge on any atom is 0.262 e. The van der Waals surface area contributed by atoms with E-state index in [4.69, 9.17) is 0 Å². The molecule has 3 N–H and O–H groups in total. The summed E-state index contributed by atoms with van der Waals surface area (Å²) in [6.45, 7) is 10.6. The fraction of sp³-hybridized carbons (Fsp3) is 0.512. The first kappa shape index (κ1) is 33.3. The minimum atomic E-state index is -0.957. The summed E-state index contributed by atoms with van der Waals surface area (Å²) in [6, 6.07) is 15.3. The van der Waals surface area contributed by atoms with Gasteiger partial charge in [0.25, 0.3) is 11.8 Å². The molecule has 284 valence electrons. The largest absolute Gasteiger partial charge is 0.507 e. The quantitative estimate of drug-likeness (QED) is 0.305. The maximum absolute atomic E-state index is 13.5. The van der Waals surface area contributed by atoms with Crippen LogP contribution in [0.3, 0.4) is 0 Å². The van der Waals surface area contributed by atoms with Crippen LogP contribution in [0.1, 0.15) is 53.3 Å². The maximum atomic E-state index is 13.5. The van der Waals surface area contributed by atoms with Crippen molar-refractivity contribution in [3.05, 3.63) is 59.7 Å². The highest BCUT2D eigenvalue weighted by Crippen LogP contribution is 2.85. The summed E-state index contributed by atoms with van der Waals surface area (Å²) in [5.74, 6) is 1.45. The van der Waals surface area contributed by atoms with Gasteiger partial charge in [0.1, 0.15) is 11.8 Å². The Morgan fingerprint density at radius 1 is 0.909 bits per heavy atom. The molecule has 1 aromatic heterocycles. The third-order valence-corrected chi connectivity index (χ3v) is 14.3. The molecule has 5 saturated heterocycles. The van der Waals surface area contributed by atoms with E-state index < -0.39 is 23.8 Å². The number of phenols is 1. The topological polar surface area (TPSA) is 155 Å². The van der Waals surface area contributed by atoms with E-state index in [9.17, 15) is 24.3 Å². The number of imide groups is 2. The Kier molecular flexibility index (Phi) is 7.23. The molecular weight excluding hydrogens is 699 g/mol. The predicted molar refractivity (Wildman–Crippen MR) is 203 cm³/mol. The molecule has 7 aliphatic heterocycles. The average molecular weight is 744 g/mol. The van der Waals surface area contributed by atoms with Crippen LogP contribution in [0.5, 0.6) is 5.75 Å². The van der Waals surface area contributed by atoms with E-state index in [0.717, 1.165) is 92.1 Å². The first-order chi connectivity index (χ1) is 26.7. The summed E-state index contributed by atoms with van der Waals surface area (Å²) in [5, 5.41) is 25.1. The molecule has 7 fully saturated rings. The van der Waals surface area contributed by atoms with Crippen LogP contribution < -0.4 is 20.4 Å². The number of aromatic nitrogens is 2. The van der Waals surface area contributed by atoms with Gasteiger partial charge in [0.15, 0.2) is 5.82 Å². The molecule has 2 bridgehead atoms. The van der Waals surface area contributed by atoms with Crippen LogP contribution in [-0.2, 0) is 9.59 Å². The van der Waals surface area contributed by atoms with E-state index in [1.54, 1.807) is 12.1 Å². The van der Waals surface area contributed by atoms with E-state index >= 15 is 0 Å². The molecule has 2 saturated carbocycles. The van der Waals surface area contributed by atoms with Crippen LogP contribution in [0.2, 0.25) is 0 Å². The second-order valence-corrected chi connectivity index (χ2v) is 17.2. The van der Waals surface area contributed by atoms with Crippen molar-refractivity contribution in [2.45, 2.75) is 56.8 Å². The Labute approximate surface area is 318 Å². The monoisotopic (exact) mass is 743 g/mol. The molecule has 0 radical (unpaired) electrons. The first-order valence-electron chi connectivity index (χ1n) is 19.9. The van der Waals surface area contributed by atoms with Crippen molar-refractivity contribution >= 4 is 40.8 Å². The Bertz CT molecular complexity index is 2170. The van der Waals surface area contributed by atoms with Crippen molar-refractivity contribution in [1.29, 1.82) is 0 Å². The van der Waals surface area contributed by atoms with E-state index in [2.05, 4.69) is 53.4 Å². The standard InChI is InChI=1S/C41H45N9O5/c1-22-14-23(10-11-48(22)24-6-7-26-28(15-24)40(55)50(39(26)54)31-8-9-34(52)43-38(31)53)18-47-20-29-35-36(47)41(29,35)21-46-12-13-49-25(19-46)17-42-37-32(49)16-30(44-45-37)27-4-2-3-5-33(27)51/h2-7,15-16,22-23,25,29,31,35-36,51H,8-14,17-21H2,1H3,(H,42,45)(H,43,52,53)/t22-,23-,25+,29-,31?,35-,36?,41+/m1/s1. The molecular formula is C41H45N9O5. The number of amides is 4. The Hall–Kier alpha value is -5.08. The lowest BCUT2D eigenvalue weighted by molar-refractivity contribution is -0.136. The number of para-hydroxylation sites is 1. The molecule has 2 aliphatic carbocycles. The summed E-state index contributed by atoms with van der Waals surface area (Å²) in [5.41, 5.74) is 4.53. The molecule has 8 heterocycles. The number of piperidine rings is 3. The number of anilines is 3. The number of carbonyl (C=O) groups is 4. The predicted octanol–water partition coefficient (Wildman–Crippen LogP) is 2.40. The van der Waals surface area contributed by atoms with Crippen LogP contribution in [0.4, 0.5) is 17.2 Å². The minimum Gasteiger partial charge on any atom is -0.507 e. The second kappa shape index (κ2) is 12.0. The third-order valence-electron chi connectivity index (χ3n) is 14.3. The SMILES string of the molecule is C[C@@H]1C[C@H](CN2C[C@@H]3[C@@H]4C2[C@@]34CN2CCN3c4cc(-c5ccccc5O)nnc4NC[C@H]3C2)CCN1c1ccc2c(c1)C(=O)N(C1CCC(=O)NC1=O)C2=O. The van der Waals surface area contributed by atoms with Crippen LogP contribution in [0.15, 0.2) is 48.5 Å². The molecule has 12 rings (SSSR count). The molecule has 2 unspecified atom stereocenters. The summed E-state index contributed by atoms with van der Waals surface area (Å²) in [6.07, 6.45) is 2.41. The van der Waals surface area contributed by atoms with E-state index in [1.807, 2.05) is 30.3 Å². The highest BCUT2D eigenvalue weighted by molar-refractivity contribution is 6.23. The Morgan fingerprint density at radius 3 is 2.58 bits per heavy atom. The van der Waals surface area contributed by atoms with Crippen LogP contribution in [0.25, 0.3) is 11.3 Å². The van der Waals surface area contributed by atoms with Crippen molar-refractivity contribution in [2.75, 3.05) is 67.5 Å². The van der Waals surface area contributed by atoms with Gasteiger partial charge in [-0.05, 0) is 80.3 Å². The number of benzene rings is 2. The summed E-state index contributed by atoms with van der Waals surface area (Å²) >= 11 is 0. The van der Waals surface area contributed by atoms with E-state index in [0.29, 0.717) is 45.8 Å². The van der Waals surface area contributed by atoms with Crippen molar-refractivity contribution in [1.82, 2.24) is 30.2 Å². The number of hydrogen-bond donors (Lipinski definition) is 3. The zero-order valence-corrected chi connectivity index (χ0v) is 30.9. The van der Waals surface area contributed by atoms with Gasteiger partial charge in [-0.3, -0.25) is 39.2 Å². The average Bonchev–Trinajstić information content (AvgIpc) is 3.83. The fourth-order valence-electron chi connectivity index (χ4n) is 11.6. The van der Waals surface area contributed by atoms with Gasteiger partial charge in [-0.25, -0.2) is 0 Å². The number of nitrogens with one attached hydrogen (secondary N) is 2. The number of fused-ring (bicyclic) bond motifs is 5. The summed E-state index contributed by atoms with van der Waals surface area (Å²) in [4.78, 5) is 62.2. The lowest BCUT2D eigenvalue weighted by Gasteiger charge is -2.46. The normalized spacial score (nSPS) is 33.5. The van der Waals surface area contributed by atoms with Gasteiger partial charge in [0.2, 0.25) is 11.8 Å². The lowest BCUT2D eigenvalue weighted by atomic mass is 9.90. The van der Waals surface area contributed by atoms with Gasteiger partial charge in [-0.2, -0.15) is 0 Å². The summed E-state index contributed by atoms with van der Waals surface area (Å²) in [7, 11) is 0. The number of rotatable bonds is 7. The number of piperazine rings is 1. The van der Waals surface area contributed by atoms with Gasteiger partial charge in [0.05, 0.1) is 28.6 Å². The van der Waals surface area contributed by atoms with Gasteiger partial charge >= 0.3 is 0 Å². The number of carbonyl (C=O) groups excluding carboxylic acids is 4. The molecule has 55 heavy (non-hydrogen) atoms. The third kappa shape index (κ3) is 4.99. The lowest BCUT2D eigenvalue weighted by Crippen LogP contribution is -2.58. The van der Waals surface area contributed by atoms with Crippen LogP contribution >= 0.6 is 0 Å². The number of nitrogens with zero attached hydrogens (tertiary/aromatic N) is 7. The van der Waals surface area contributed by atoms with Gasteiger partial charge in [-0.1, -0.05) is 12.1 Å². The van der Waals surface area contributed by atoms with Crippen molar-refractivity contribution in [2.24, 2.45) is 23.2 Å². The van der Waals surface area contributed by atoms with Gasteiger partial charge in [0, 0.05) is 87.5 Å². The van der Waals surface area contributed by atoms with Crippen LogP contribution in [0, 0.1) is 23.2 Å². The van der Waals surface area contributed by atoms with Crippen LogP contribution in [-0.4, -0.2) is 130 Å². The molecule has 9 aliphatic rings.